The van der Waals surface area contributed by atoms with Crippen LogP contribution in [0.2, 0.25) is 0 Å². The highest BCUT2D eigenvalue weighted by molar-refractivity contribution is 5.76. The monoisotopic (exact) mass is 411 g/mol. The second-order valence-electron chi connectivity index (χ2n) is 7.66. The number of urea groups is 1. The minimum absolute atomic E-state index is 0.164. The number of halogens is 1. The maximum absolute atomic E-state index is 13.7. The molecule has 1 N–H and O–H groups in total. The standard InChI is InChI=1S/C26H22FN3O/c27-22-14-12-20(13-15-22)25-24-11-6-16-29(24)23-10-5-4-9-21(23)18-30(25)26(31)28-17-19-7-2-1-3-8-19/h1-16,25H,17-18H2,(H,28,31)/t25-/m1/s1. The van der Waals surface area contributed by atoms with Crippen LogP contribution < -0.4 is 5.32 Å². The number of nitrogens with zero attached hydrogens (tertiary/aromatic N) is 2. The van der Waals surface area contributed by atoms with Crippen LogP contribution in [0.3, 0.4) is 0 Å². The fourth-order valence-electron chi connectivity index (χ4n) is 4.21. The van der Waals surface area contributed by atoms with Crippen molar-refractivity contribution in [2.75, 3.05) is 0 Å². The summed E-state index contributed by atoms with van der Waals surface area (Å²) in [5, 5.41) is 3.07. The van der Waals surface area contributed by atoms with Gasteiger partial charge in [0.05, 0.1) is 18.3 Å². The van der Waals surface area contributed by atoms with Crippen molar-refractivity contribution in [1.82, 2.24) is 14.8 Å². The molecular weight excluding hydrogens is 389 g/mol. The molecule has 0 aliphatic carbocycles. The second-order valence-corrected chi connectivity index (χ2v) is 7.66. The van der Waals surface area contributed by atoms with Gasteiger partial charge in [-0.3, -0.25) is 0 Å². The second kappa shape index (κ2) is 8.11. The van der Waals surface area contributed by atoms with Crippen LogP contribution in [0, 0.1) is 5.82 Å². The summed E-state index contributed by atoms with van der Waals surface area (Å²) < 4.78 is 15.8. The van der Waals surface area contributed by atoms with Gasteiger partial charge in [-0.05, 0) is 47.0 Å². The number of para-hydroxylation sites is 1. The van der Waals surface area contributed by atoms with Crippen LogP contribution in [0.1, 0.15) is 28.4 Å². The van der Waals surface area contributed by atoms with E-state index in [4.69, 9.17) is 0 Å². The molecule has 2 amide bonds. The van der Waals surface area contributed by atoms with E-state index in [1.54, 1.807) is 12.1 Å². The lowest BCUT2D eigenvalue weighted by Crippen LogP contribution is -2.41. The van der Waals surface area contributed by atoms with E-state index in [0.717, 1.165) is 28.1 Å². The first-order valence-corrected chi connectivity index (χ1v) is 10.3. The number of benzene rings is 3. The lowest BCUT2D eigenvalue weighted by atomic mass is 10.0. The molecule has 2 heterocycles. The van der Waals surface area contributed by atoms with Gasteiger partial charge in [0, 0.05) is 18.4 Å². The van der Waals surface area contributed by atoms with Crippen LogP contribution in [0.4, 0.5) is 9.18 Å². The molecule has 0 spiro atoms. The minimum Gasteiger partial charge on any atom is -0.334 e. The van der Waals surface area contributed by atoms with Crippen molar-refractivity contribution in [1.29, 1.82) is 0 Å². The molecular formula is C26H22FN3O. The molecule has 0 unspecified atom stereocenters. The Hall–Kier alpha value is -3.86. The molecule has 0 fully saturated rings. The number of carbonyl (C=O) groups is 1. The summed E-state index contributed by atoms with van der Waals surface area (Å²) in [5.74, 6) is -0.295. The molecule has 4 nitrogen and oxygen atoms in total. The molecule has 1 atom stereocenters. The lowest BCUT2D eigenvalue weighted by molar-refractivity contribution is 0.180. The summed E-state index contributed by atoms with van der Waals surface area (Å²) in [5.41, 5.74) is 4.97. The molecule has 0 saturated heterocycles. The molecule has 3 aromatic carbocycles. The maximum atomic E-state index is 13.7. The molecule has 31 heavy (non-hydrogen) atoms. The molecule has 0 saturated carbocycles. The first kappa shape index (κ1) is 19.1. The fourth-order valence-corrected chi connectivity index (χ4v) is 4.21. The van der Waals surface area contributed by atoms with Crippen LogP contribution in [-0.2, 0) is 13.1 Å². The van der Waals surface area contributed by atoms with E-state index in [1.807, 2.05) is 71.8 Å². The Morgan fingerprint density at radius 2 is 1.65 bits per heavy atom. The zero-order chi connectivity index (χ0) is 21.2. The van der Waals surface area contributed by atoms with E-state index >= 15 is 0 Å². The molecule has 154 valence electrons. The van der Waals surface area contributed by atoms with E-state index in [1.165, 1.54) is 12.1 Å². The van der Waals surface area contributed by atoms with Crippen LogP contribution >= 0.6 is 0 Å². The number of nitrogens with one attached hydrogen (secondary N) is 1. The van der Waals surface area contributed by atoms with Crippen molar-refractivity contribution in [3.05, 3.63) is 125 Å². The van der Waals surface area contributed by atoms with E-state index in [-0.39, 0.29) is 17.9 Å². The Morgan fingerprint density at radius 1 is 0.903 bits per heavy atom. The molecule has 5 rings (SSSR count). The quantitative estimate of drug-likeness (QED) is 0.479. The average molecular weight is 411 g/mol. The van der Waals surface area contributed by atoms with Crippen LogP contribution in [0.25, 0.3) is 5.69 Å². The molecule has 0 bridgehead atoms. The van der Waals surface area contributed by atoms with Gasteiger partial charge in [0.25, 0.3) is 0 Å². The number of aromatic nitrogens is 1. The predicted molar refractivity (Wildman–Crippen MR) is 118 cm³/mol. The van der Waals surface area contributed by atoms with E-state index < -0.39 is 0 Å². The number of hydrogen-bond donors (Lipinski definition) is 1. The van der Waals surface area contributed by atoms with Crippen molar-refractivity contribution in [3.8, 4) is 5.69 Å². The number of hydrogen-bond acceptors (Lipinski definition) is 1. The van der Waals surface area contributed by atoms with Gasteiger partial charge in [0.2, 0.25) is 0 Å². The Labute approximate surface area is 180 Å². The highest BCUT2D eigenvalue weighted by Crippen LogP contribution is 2.36. The smallest absolute Gasteiger partial charge is 0.318 e. The van der Waals surface area contributed by atoms with Gasteiger partial charge in [0.1, 0.15) is 5.82 Å². The van der Waals surface area contributed by atoms with Gasteiger partial charge in [-0.2, -0.15) is 0 Å². The third kappa shape index (κ3) is 3.70. The SMILES string of the molecule is O=C(NCc1ccccc1)N1Cc2ccccc2-n2cccc2[C@H]1c1ccc(F)cc1. The largest absolute Gasteiger partial charge is 0.334 e. The van der Waals surface area contributed by atoms with E-state index in [2.05, 4.69) is 16.0 Å². The van der Waals surface area contributed by atoms with Crippen molar-refractivity contribution in [2.24, 2.45) is 0 Å². The predicted octanol–water partition coefficient (Wildman–Crippen LogP) is 5.43. The Balaban J connectivity index is 1.56. The Bertz CT molecular complexity index is 1200. The third-order valence-electron chi connectivity index (χ3n) is 5.70. The molecule has 1 aliphatic heterocycles. The van der Waals surface area contributed by atoms with Crippen LogP contribution in [0.5, 0.6) is 0 Å². The molecule has 1 aromatic heterocycles. The van der Waals surface area contributed by atoms with Crippen molar-refractivity contribution in [2.45, 2.75) is 19.1 Å². The van der Waals surface area contributed by atoms with Crippen molar-refractivity contribution < 1.29 is 9.18 Å². The summed E-state index contributed by atoms with van der Waals surface area (Å²) in [4.78, 5) is 15.3. The van der Waals surface area contributed by atoms with Gasteiger partial charge < -0.3 is 14.8 Å². The Kier molecular flexibility index (Phi) is 5.00. The number of rotatable bonds is 3. The third-order valence-corrected chi connectivity index (χ3v) is 5.70. The molecule has 0 radical (unpaired) electrons. The minimum atomic E-state index is -0.348. The summed E-state index contributed by atoms with van der Waals surface area (Å²) in [7, 11) is 0. The van der Waals surface area contributed by atoms with Crippen molar-refractivity contribution >= 4 is 6.03 Å². The zero-order valence-corrected chi connectivity index (χ0v) is 16.9. The summed E-state index contributed by atoms with van der Waals surface area (Å²) in [6, 6.07) is 27.8. The van der Waals surface area contributed by atoms with Gasteiger partial charge in [-0.25, -0.2) is 9.18 Å². The number of fused-ring (bicyclic) bond motifs is 3. The Morgan fingerprint density at radius 3 is 2.45 bits per heavy atom. The van der Waals surface area contributed by atoms with Gasteiger partial charge in [-0.1, -0.05) is 60.7 Å². The highest BCUT2D eigenvalue weighted by Gasteiger charge is 2.32. The molecule has 4 aromatic rings. The van der Waals surface area contributed by atoms with E-state index in [0.29, 0.717) is 13.1 Å². The normalized spacial score (nSPS) is 15.0. The topological polar surface area (TPSA) is 37.3 Å². The number of amides is 2. The lowest BCUT2D eigenvalue weighted by Gasteiger charge is -2.31. The summed E-state index contributed by atoms with van der Waals surface area (Å²) in [6.45, 7) is 0.884. The summed E-state index contributed by atoms with van der Waals surface area (Å²) >= 11 is 0. The van der Waals surface area contributed by atoms with Crippen LogP contribution in [0.15, 0.2) is 97.2 Å². The maximum Gasteiger partial charge on any atom is 0.318 e. The van der Waals surface area contributed by atoms with Gasteiger partial charge in [0.15, 0.2) is 0 Å². The van der Waals surface area contributed by atoms with Gasteiger partial charge >= 0.3 is 6.03 Å². The molecule has 1 aliphatic rings. The summed E-state index contributed by atoms with van der Waals surface area (Å²) in [6.07, 6.45) is 2.01. The zero-order valence-electron chi connectivity index (χ0n) is 16.9. The van der Waals surface area contributed by atoms with Crippen LogP contribution in [-0.4, -0.2) is 15.5 Å². The first-order valence-electron chi connectivity index (χ1n) is 10.3. The van der Waals surface area contributed by atoms with Crippen molar-refractivity contribution in [3.63, 3.8) is 0 Å². The number of carbonyl (C=O) groups excluding carboxylic acids is 1. The highest BCUT2D eigenvalue weighted by atomic mass is 19.1. The first-order chi connectivity index (χ1) is 15.2. The molecule has 5 heteroatoms. The van der Waals surface area contributed by atoms with Gasteiger partial charge in [-0.15, -0.1) is 0 Å². The average Bonchev–Trinajstić information content (AvgIpc) is 3.23. The van der Waals surface area contributed by atoms with E-state index in [9.17, 15) is 9.18 Å². The fraction of sp³-hybridized carbons (Fsp3) is 0.115.